The van der Waals surface area contributed by atoms with E-state index in [0.29, 0.717) is 18.7 Å². The number of hydrogen-bond acceptors (Lipinski definition) is 6. The van der Waals surface area contributed by atoms with Crippen LogP contribution in [0.15, 0.2) is 47.3 Å². The van der Waals surface area contributed by atoms with Crippen LogP contribution in [0.3, 0.4) is 0 Å². The van der Waals surface area contributed by atoms with Gasteiger partial charge in [0, 0.05) is 44.7 Å². The molecule has 0 spiro atoms. The van der Waals surface area contributed by atoms with Crippen LogP contribution in [0.1, 0.15) is 52.0 Å². The number of amides is 1. The van der Waals surface area contributed by atoms with E-state index in [1.165, 1.54) is 36.7 Å². The van der Waals surface area contributed by atoms with Gasteiger partial charge in [-0.3, -0.25) is 4.79 Å². The molecule has 3 aromatic rings. The van der Waals surface area contributed by atoms with Crippen molar-refractivity contribution in [2.75, 3.05) is 36.0 Å². The molecule has 2 aromatic heterocycles. The van der Waals surface area contributed by atoms with E-state index >= 15 is 0 Å². The number of rotatable bonds is 3. The minimum atomic E-state index is 0.00992. The number of carbonyl (C=O) groups is 1. The Labute approximate surface area is 194 Å². The van der Waals surface area contributed by atoms with Crippen LogP contribution >= 0.6 is 0 Å². The molecule has 0 radical (unpaired) electrons. The van der Waals surface area contributed by atoms with E-state index in [1.54, 1.807) is 12.3 Å². The van der Waals surface area contributed by atoms with Crippen LogP contribution in [0.5, 0.6) is 0 Å². The van der Waals surface area contributed by atoms with Gasteiger partial charge < -0.3 is 19.1 Å². The second kappa shape index (κ2) is 8.54. The summed E-state index contributed by atoms with van der Waals surface area (Å²) in [5.41, 5.74) is 5.59. The second-order valence-corrected chi connectivity index (χ2v) is 9.25. The van der Waals surface area contributed by atoms with Crippen LogP contribution in [0, 0.1) is 0 Å². The number of nitrogens with zero attached hydrogens (tertiary/aromatic N) is 5. The Morgan fingerprint density at radius 1 is 0.848 bits per heavy atom. The van der Waals surface area contributed by atoms with Crippen molar-refractivity contribution in [2.45, 2.75) is 45.2 Å². The van der Waals surface area contributed by atoms with E-state index in [1.807, 2.05) is 4.90 Å². The van der Waals surface area contributed by atoms with Gasteiger partial charge in [0.25, 0.3) is 5.91 Å². The van der Waals surface area contributed by atoms with Gasteiger partial charge >= 0.3 is 0 Å². The largest absolute Gasteiger partial charge is 0.472 e. The molecule has 33 heavy (non-hydrogen) atoms. The lowest BCUT2D eigenvalue weighted by atomic mass is 10.00. The topological polar surface area (TPSA) is 65.7 Å². The number of fused-ring (bicyclic) bond motifs is 2. The Balaban J connectivity index is 1.34. The molecule has 1 fully saturated rings. The number of carbonyl (C=O) groups excluding carboxylic acids is 1. The first-order chi connectivity index (χ1) is 16.3. The third kappa shape index (κ3) is 3.86. The fourth-order valence-electron chi connectivity index (χ4n) is 5.30. The summed E-state index contributed by atoms with van der Waals surface area (Å²) in [4.78, 5) is 29.8. The monoisotopic (exact) mass is 443 g/mol. The third-order valence-electron chi connectivity index (χ3n) is 7.15. The average molecular weight is 444 g/mol. The molecule has 0 unspecified atom stereocenters. The van der Waals surface area contributed by atoms with E-state index in [4.69, 9.17) is 14.4 Å². The highest BCUT2D eigenvalue weighted by atomic mass is 16.3. The van der Waals surface area contributed by atoms with Crippen LogP contribution in [-0.2, 0) is 25.9 Å². The first-order valence-electron chi connectivity index (χ1n) is 12.0. The quantitative estimate of drug-likeness (QED) is 0.613. The molecule has 1 aromatic carbocycles. The molecule has 6 rings (SSSR count). The minimum absolute atomic E-state index is 0.00992. The predicted octanol–water partition coefficient (Wildman–Crippen LogP) is 3.82. The number of piperidine rings is 1. The Hall–Kier alpha value is -3.35. The van der Waals surface area contributed by atoms with Gasteiger partial charge in [-0.2, -0.15) is 4.98 Å². The van der Waals surface area contributed by atoms with Crippen molar-refractivity contribution in [3.63, 3.8) is 0 Å². The normalized spacial score (nSPS) is 18.1. The van der Waals surface area contributed by atoms with E-state index < -0.39 is 0 Å². The zero-order valence-corrected chi connectivity index (χ0v) is 18.9. The smallest absolute Gasteiger partial charge is 0.257 e. The molecular weight excluding hydrogens is 414 g/mol. The summed E-state index contributed by atoms with van der Waals surface area (Å²) >= 11 is 0. The van der Waals surface area contributed by atoms with Crippen molar-refractivity contribution < 1.29 is 9.21 Å². The maximum atomic E-state index is 13.0. The Morgan fingerprint density at radius 2 is 1.70 bits per heavy atom. The van der Waals surface area contributed by atoms with Gasteiger partial charge in [0.2, 0.25) is 5.95 Å². The van der Waals surface area contributed by atoms with Crippen molar-refractivity contribution in [3.05, 3.63) is 70.8 Å². The van der Waals surface area contributed by atoms with E-state index in [9.17, 15) is 4.79 Å². The Morgan fingerprint density at radius 3 is 2.52 bits per heavy atom. The molecule has 3 aliphatic heterocycles. The van der Waals surface area contributed by atoms with Gasteiger partial charge in [0.15, 0.2) is 0 Å². The zero-order valence-electron chi connectivity index (χ0n) is 18.9. The van der Waals surface area contributed by atoms with Gasteiger partial charge in [-0.05, 0) is 42.9 Å². The number of benzene rings is 1. The fourth-order valence-corrected chi connectivity index (χ4v) is 5.30. The molecule has 5 heterocycles. The van der Waals surface area contributed by atoms with Crippen LogP contribution in [0.2, 0.25) is 0 Å². The molecule has 0 bridgehead atoms. The Bertz CT molecular complexity index is 1150. The number of hydrogen-bond donors (Lipinski definition) is 0. The first kappa shape index (κ1) is 20.3. The molecule has 3 aliphatic rings. The van der Waals surface area contributed by atoms with Crippen LogP contribution in [-0.4, -0.2) is 47.0 Å². The number of anilines is 2. The maximum Gasteiger partial charge on any atom is 0.257 e. The molecule has 0 aliphatic carbocycles. The van der Waals surface area contributed by atoms with Gasteiger partial charge in [-0.25, -0.2) is 4.98 Å². The standard InChI is InChI=1S/C26H29N5O2/c32-25(21-10-15-33-18-21)30-14-9-23-22(17-30)24(29-11-4-1-5-12-29)28-26(27-23)31-13-8-19-6-2-3-7-20(19)16-31/h2-3,6-7,10,15,18H,1,4-5,8-9,11-14,16-17H2. The molecule has 1 amide bonds. The van der Waals surface area contributed by atoms with E-state index in [-0.39, 0.29) is 5.91 Å². The number of furan rings is 1. The highest BCUT2D eigenvalue weighted by molar-refractivity contribution is 5.94. The summed E-state index contributed by atoms with van der Waals surface area (Å²) in [7, 11) is 0. The SMILES string of the molecule is O=C(c1ccoc1)N1CCc2nc(N3CCc4ccccc4C3)nc(N3CCCCC3)c2C1. The van der Waals surface area contributed by atoms with Crippen molar-refractivity contribution in [1.29, 1.82) is 0 Å². The van der Waals surface area contributed by atoms with Crippen molar-refractivity contribution in [2.24, 2.45) is 0 Å². The lowest BCUT2D eigenvalue weighted by molar-refractivity contribution is 0.0733. The second-order valence-electron chi connectivity index (χ2n) is 9.25. The molecule has 7 heteroatoms. The summed E-state index contributed by atoms with van der Waals surface area (Å²) < 4.78 is 5.14. The third-order valence-corrected chi connectivity index (χ3v) is 7.15. The highest BCUT2D eigenvalue weighted by Crippen LogP contribution is 2.32. The zero-order chi connectivity index (χ0) is 22.2. The molecule has 0 saturated carbocycles. The van der Waals surface area contributed by atoms with Gasteiger partial charge in [-0.15, -0.1) is 0 Å². The summed E-state index contributed by atoms with van der Waals surface area (Å²) in [6.07, 6.45) is 8.48. The van der Waals surface area contributed by atoms with Gasteiger partial charge in [0.1, 0.15) is 12.1 Å². The molecule has 1 saturated heterocycles. The highest BCUT2D eigenvalue weighted by Gasteiger charge is 2.30. The molecular formula is C26H29N5O2. The maximum absolute atomic E-state index is 13.0. The summed E-state index contributed by atoms with van der Waals surface area (Å²) in [5.74, 6) is 1.87. The van der Waals surface area contributed by atoms with Crippen LogP contribution < -0.4 is 9.80 Å². The van der Waals surface area contributed by atoms with Crippen molar-refractivity contribution >= 4 is 17.7 Å². The summed E-state index contributed by atoms with van der Waals surface area (Å²) in [5, 5.41) is 0. The molecule has 0 N–H and O–H groups in total. The summed E-state index contributed by atoms with van der Waals surface area (Å²) in [6.45, 7) is 5.02. The fraction of sp³-hybridized carbons (Fsp3) is 0.423. The molecule has 170 valence electrons. The summed E-state index contributed by atoms with van der Waals surface area (Å²) in [6, 6.07) is 10.4. The molecule has 7 nitrogen and oxygen atoms in total. The van der Waals surface area contributed by atoms with Crippen molar-refractivity contribution in [1.82, 2.24) is 14.9 Å². The van der Waals surface area contributed by atoms with E-state index in [0.717, 1.165) is 62.0 Å². The predicted molar refractivity (Wildman–Crippen MR) is 126 cm³/mol. The Kier molecular flexibility index (Phi) is 5.24. The van der Waals surface area contributed by atoms with E-state index in [2.05, 4.69) is 34.1 Å². The van der Waals surface area contributed by atoms with Crippen LogP contribution in [0.25, 0.3) is 0 Å². The van der Waals surface area contributed by atoms with Crippen molar-refractivity contribution in [3.8, 4) is 0 Å². The van der Waals surface area contributed by atoms with Crippen LogP contribution in [0.4, 0.5) is 11.8 Å². The van der Waals surface area contributed by atoms with Gasteiger partial charge in [-0.1, -0.05) is 24.3 Å². The lowest BCUT2D eigenvalue weighted by Crippen LogP contribution is -2.40. The first-order valence-corrected chi connectivity index (χ1v) is 12.0. The van der Waals surface area contributed by atoms with Gasteiger partial charge in [0.05, 0.1) is 24.1 Å². The average Bonchev–Trinajstić information content (AvgIpc) is 3.43. The molecule has 0 atom stereocenters. The lowest BCUT2D eigenvalue weighted by Gasteiger charge is -2.36. The number of aromatic nitrogens is 2. The minimum Gasteiger partial charge on any atom is -0.472 e.